The Morgan fingerprint density at radius 2 is 2.11 bits per heavy atom. The minimum atomic E-state index is -0.0981. The van der Waals surface area contributed by atoms with Gasteiger partial charge in [-0.05, 0) is 41.0 Å². The van der Waals surface area contributed by atoms with E-state index in [1.165, 1.54) is 0 Å². The third-order valence-corrected chi connectivity index (χ3v) is 3.16. The number of benzene rings is 1. The van der Waals surface area contributed by atoms with E-state index < -0.39 is 0 Å². The highest BCUT2D eigenvalue weighted by Gasteiger charge is 2.10. The molecule has 92 valence electrons. The lowest BCUT2D eigenvalue weighted by atomic mass is 9.97. The Labute approximate surface area is 110 Å². The van der Waals surface area contributed by atoms with Gasteiger partial charge in [-0.1, -0.05) is 6.07 Å². The van der Waals surface area contributed by atoms with E-state index in [4.69, 9.17) is 5.26 Å². The standard InChI is InChI=1S/C15H11N3O/c16-8-10-1-2-12(11(7-10)9-19)13-3-5-17-15-14(13)4-6-18-15/h1-7,19H,9H2,(H,17,18). The minimum absolute atomic E-state index is 0.0981. The number of hydrogen-bond donors (Lipinski definition) is 2. The van der Waals surface area contributed by atoms with Gasteiger partial charge in [0.05, 0.1) is 18.2 Å². The fourth-order valence-corrected chi connectivity index (χ4v) is 2.25. The molecule has 1 aromatic carbocycles. The van der Waals surface area contributed by atoms with Gasteiger partial charge in [-0.15, -0.1) is 0 Å². The Kier molecular flexibility index (Phi) is 2.75. The van der Waals surface area contributed by atoms with E-state index >= 15 is 0 Å². The van der Waals surface area contributed by atoms with E-state index in [-0.39, 0.29) is 6.61 Å². The smallest absolute Gasteiger partial charge is 0.137 e. The first-order chi connectivity index (χ1) is 9.33. The summed E-state index contributed by atoms with van der Waals surface area (Å²) in [6.07, 6.45) is 3.57. The molecule has 19 heavy (non-hydrogen) atoms. The van der Waals surface area contributed by atoms with Crippen LogP contribution in [-0.4, -0.2) is 15.1 Å². The lowest BCUT2D eigenvalue weighted by Gasteiger charge is -2.09. The summed E-state index contributed by atoms with van der Waals surface area (Å²) in [5.74, 6) is 0. The van der Waals surface area contributed by atoms with Gasteiger partial charge >= 0.3 is 0 Å². The number of aromatic amines is 1. The zero-order valence-corrected chi connectivity index (χ0v) is 10.1. The number of pyridine rings is 1. The van der Waals surface area contributed by atoms with Crippen molar-refractivity contribution in [3.8, 4) is 17.2 Å². The largest absolute Gasteiger partial charge is 0.392 e. The molecule has 2 heterocycles. The first-order valence-corrected chi connectivity index (χ1v) is 5.90. The van der Waals surface area contributed by atoms with Gasteiger partial charge in [0.1, 0.15) is 5.65 Å². The molecule has 3 aromatic rings. The van der Waals surface area contributed by atoms with Crippen molar-refractivity contribution in [3.05, 3.63) is 53.9 Å². The normalized spacial score (nSPS) is 10.5. The van der Waals surface area contributed by atoms with Crippen LogP contribution in [0.4, 0.5) is 0 Å². The number of aromatic nitrogens is 2. The summed E-state index contributed by atoms with van der Waals surface area (Å²) in [5.41, 5.74) is 4.03. The van der Waals surface area contributed by atoms with E-state index in [0.29, 0.717) is 5.56 Å². The molecular formula is C15H11N3O. The molecule has 0 spiro atoms. The minimum Gasteiger partial charge on any atom is -0.392 e. The lowest BCUT2D eigenvalue weighted by molar-refractivity contribution is 0.282. The highest BCUT2D eigenvalue weighted by Crippen LogP contribution is 2.30. The van der Waals surface area contributed by atoms with Gasteiger partial charge in [0.2, 0.25) is 0 Å². The van der Waals surface area contributed by atoms with Crippen LogP contribution >= 0.6 is 0 Å². The topological polar surface area (TPSA) is 72.7 Å². The highest BCUT2D eigenvalue weighted by molar-refractivity contribution is 5.93. The zero-order valence-electron chi connectivity index (χ0n) is 10.1. The van der Waals surface area contributed by atoms with E-state index in [0.717, 1.165) is 27.7 Å². The van der Waals surface area contributed by atoms with E-state index in [2.05, 4.69) is 16.0 Å². The van der Waals surface area contributed by atoms with Crippen molar-refractivity contribution in [1.82, 2.24) is 9.97 Å². The van der Waals surface area contributed by atoms with Crippen molar-refractivity contribution in [1.29, 1.82) is 5.26 Å². The molecule has 3 rings (SSSR count). The van der Waals surface area contributed by atoms with Gasteiger partial charge in [-0.25, -0.2) is 4.98 Å². The molecule has 4 heteroatoms. The van der Waals surface area contributed by atoms with Gasteiger partial charge in [-0.2, -0.15) is 5.26 Å². The molecule has 2 N–H and O–H groups in total. The number of nitriles is 1. The van der Waals surface area contributed by atoms with Crippen LogP contribution in [-0.2, 0) is 6.61 Å². The molecule has 4 nitrogen and oxygen atoms in total. The first-order valence-electron chi connectivity index (χ1n) is 5.90. The fourth-order valence-electron chi connectivity index (χ4n) is 2.25. The summed E-state index contributed by atoms with van der Waals surface area (Å²) in [7, 11) is 0. The van der Waals surface area contributed by atoms with Gasteiger partial charge in [0.15, 0.2) is 0 Å². The molecule has 0 saturated carbocycles. The Balaban J connectivity index is 2.27. The van der Waals surface area contributed by atoms with Gasteiger partial charge in [-0.3, -0.25) is 0 Å². The monoisotopic (exact) mass is 249 g/mol. The molecule has 2 aromatic heterocycles. The summed E-state index contributed by atoms with van der Waals surface area (Å²) in [6.45, 7) is -0.0981. The Morgan fingerprint density at radius 3 is 2.89 bits per heavy atom. The molecule has 0 fully saturated rings. The molecule has 0 aliphatic heterocycles. The van der Waals surface area contributed by atoms with Crippen molar-refractivity contribution in [2.24, 2.45) is 0 Å². The average molecular weight is 249 g/mol. The quantitative estimate of drug-likeness (QED) is 0.733. The van der Waals surface area contributed by atoms with Crippen LogP contribution in [0.25, 0.3) is 22.2 Å². The summed E-state index contributed by atoms with van der Waals surface area (Å²) in [5, 5.41) is 19.4. The Hall–Kier alpha value is -2.64. The molecular weight excluding hydrogens is 238 g/mol. The number of fused-ring (bicyclic) bond motifs is 1. The number of aliphatic hydroxyl groups excluding tert-OH is 1. The second-order valence-electron chi connectivity index (χ2n) is 4.24. The number of nitrogens with one attached hydrogen (secondary N) is 1. The Morgan fingerprint density at radius 1 is 1.21 bits per heavy atom. The van der Waals surface area contributed by atoms with Gasteiger partial charge < -0.3 is 10.1 Å². The average Bonchev–Trinajstić information content (AvgIpc) is 2.95. The van der Waals surface area contributed by atoms with Crippen LogP contribution < -0.4 is 0 Å². The van der Waals surface area contributed by atoms with Crippen LogP contribution in [0.1, 0.15) is 11.1 Å². The molecule has 0 amide bonds. The highest BCUT2D eigenvalue weighted by atomic mass is 16.3. The third-order valence-electron chi connectivity index (χ3n) is 3.16. The van der Waals surface area contributed by atoms with Crippen LogP contribution in [0.15, 0.2) is 42.7 Å². The lowest BCUT2D eigenvalue weighted by Crippen LogP contribution is -1.92. The van der Waals surface area contributed by atoms with Crippen molar-refractivity contribution in [3.63, 3.8) is 0 Å². The number of nitrogens with zero attached hydrogens (tertiary/aromatic N) is 2. The number of rotatable bonds is 2. The predicted octanol–water partition coefficient (Wildman–Crippen LogP) is 2.59. The van der Waals surface area contributed by atoms with Crippen molar-refractivity contribution < 1.29 is 5.11 Å². The summed E-state index contributed by atoms with van der Waals surface area (Å²) in [6, 6.07) is 11.3. The third kappa shape index (κ3) is 1.86. The second-order valence-corrected chi connectivity index (χ2v) is 4.24. The maximum Gasteiger partial charge on any atom is 0.137 e. The van der Waals surface area contributed by atoms with Gasteiger partial charge in [0, 0.05) is 17.8 Å². The second kappa shape index (κ2) is 4.56. The first kappa shape index (κ1) is 11.5. The maximum absolute atomic E-state index is 9.49. The summed E-state index contributed by atoms with van der Waals surface area (Å²) in [4.78, 5) is 7.31. The molecule has 0 saturated heterocycles. The van der Waals surface area contributed by atoms with Gasteiger partial charge in [0.25, 0.3) is 0 Å². The molecule has 0 aliphatic rings. The molecule has 0 unspecified atom stereocenters. The SMILES string of the molecule is N#Cc1ccc(-c2ccnc3[nH]ccc23)c(CO)c1. The summed E-state index contributed by atoms with van der Waals surface area (Å²) >= 11 is 0. The molecule has 0 radical (unpaired) electrons. The number of H-pyrrole nitrogens is 1. The van der Waals surface area contributed by atoms with E-state index in [9.17, 15) is 5.11 Å². The van der Waals surface area contributed by atoms with Crippen molar-refractivity contribution in [2.45, 2.75) is 6.61 Å². The van der Waals surface area contributed by atoms with E-state index in [1.54, 1.807) is 18.3 Å². The van der Waals surface area contributed by atoms with Crippen molar-refractivity contribution in [2.75, 3.05) is 0 Å². The Bertz CT molecular complexity index is 783. The predicted molar refractivity (Wildman–Crippen MR) is 72.2 cm³/mol. The van der Waals surface area contributed by atoms with Crippen LogP contribution in [0.2, 0.25) is 0 Å². The molecule has 0 bridgehead atoms. The molecule has 0 atom stereocenters. The fraction of sp³-hybridized carbons (Fsp3) is 0.0667. The zero-order chi connectivity index (χ0) is 13.2. The van der Waals surface area contributed by atoms with Crippen molar-refractivity contribution >= 4 is 11.0 Å². The number of aliphatic hydroxyl groups is 1. The molecule has 0 aliphatic carbocycles. The number of hydrogen-bond acceptors (Lipinski definition) is 3. The van der Waals surface area contributed by atoms with E-state index in [1.807, 2.05) is 24.4 Å². The maximum atomic E-state index is 9.49. The van der Waals surface area contributed by atoms with Crippen LogP contribution in [0.5, 0.6) is 0 Å². The van der Waals surface area contributed by atoms with Crippen LogP contribution in [0.3, 0.4) is 0 Å². The van der Waals surface area contributed by atoms with Crippen LogP contribution in [0, 0.1) is 11.3 Å². The summed E-state index contributed by atoms with van der Waals surface area (Å²) < 4.78 is 0.